The van der Waals surface area contributed by atoms with E-state index < -0.39 is 0 Å². The number of aromatic nitrogens is 1. The van der Waals surface area contributed by atoms with E-state index in [9.17, 15) is 14.4 Å². The molecule has 30 heavy (non-hydrogen) atoms. The molecule has 0 radical (unpaired) electrons. The first-order valence-corrected chi connectivity index (χ1v) is 10.4. The number of carbonyl (C=O) groups excluding carboxylic acids is 3. The van der Waals surface area contributed by atoms with E-state index in [1.54, 1.807) is 24.3 Å². The highest BCUT2D eigenvalue weighted by Gasteiger charge is 2.14. The first kappa shape index (κ1) is 21.7. The van der Waals surface area contributed by atoms with Crippen LogP contribution in [0.25, 0.3) is 10.2 Å². The Kier molecular flexibility index (Phi) is 7.02. The number of carbonyl (C=O) groups is 3. The fraction of sp³-hybridized carbons (Fsp3) is 0.238. The van der Waals surface area contributed by atoms with Crippen molar-refractivity contribution in [1.82, 2.24) is 4.98 Å². The lowest BCUT2D eigenvalue weighted by atomic mass is 10.1. The van der Waals surface area contributed by atoms with E-state index in [4.69, 9.17) is 11.6 Å². The number of nitrogens with zero attached hydrogens (tertiary/aromatic N) is 1. The Morgan fingerprint density at radius 3 is 2.67 bits per heavy atom. The van der Waals surface area contributed by atoms with Gasteiger partial charge < -0.3 is 15.4 Å². The summed E-state index contributed by atoms with van der Waals surface area (Å²) in [7, 11) is 1.31. The van der Waals surface area contributed by atoms with Crippen LogP contribution in [0.3, 0.4) is 0 Å². The molecule has 2 N–H and O–H groups in total. The minimum atomic E-state index is -0.347. The lowest BCUT2D eigenvalue weighted by molar-refractivity contribution is -0.140. The molecule has 0 aliphatic carbocycles. The summed E-state index contributed by atoms with van der Waals surface area (Å²) >= 11 is 7.45. The number of amides is 2. The first-order chi connectivity index (χ1) is 14.4. The molecule has 0 fully saturated rings. The molecule has 3 aromatic rings. The van der Waals surface area contributed by atoms with Gasteiger partial charge in [-0.2, -0.15) is 0 Å². The number of aryl methyl sites for hydroxylation is 1. The van der Waals surface area contributed by atoms with Crippen molar-refractivity contribution in [3.63, 3.8) is 0 Å². The molecule has 156 valence electrons. The molecule has 7 nitrogen and oxygen atoms in total. The van der Waals surface area contributed by atoms with Gasteiger partial charge in [-0.05, 0) is 43.2 Å². The number of hydrogen-bond donors (Lipinski definition) is 2. The van der Waals surface area contributed by atoms with Crippen LogP contribution in [0.4, 0.5) is 10.8 Å². The zero-order valence-corrected chi connectivity index (χ0v) is 18.0. The molecular weight excluding hydrogens is 426 g/mol. The Balaban J connectivity index is 1.67. The lowest BCUT2D eigenvalue weighted by Crippen LogP contribution is -2.13. The number of esters is 1. The van der Waals surface area contributed by atoms with Gasteiger partial charge in [-0.1, -0.05) is 35.1 Å². The highest BCUT2D eigenvalue weighted by atomic mass is 35.5. The second-order valence-corrected chi connectivity index (χ2v) is 8.00. The third kappa shape index (κ3) is 5.34. The van der Waals surface area contributed by atoms with Crippen molar-refractivity contribution in [1.29, 1.82) is 0 Å². The molecule has 0 unspecified atom stereocenters. The summed E-state index contributed by atoms with van der Waals surface area (Å²) in [5.41, 5.74) is 2.58. The standard InChI is InChI=1S/C21H20ClN3O4S/c1-12-5-3-6-14(22)19(12)25-20(28)13-9-10-15-16(11-13)30-21(23-15)24-17(26)7-4-8-18(27)29-2/h3,5-6,9-11H,4,7-8H2,1-2H3,(H,25,28)(H,23,24,26). The number of rotatable bonds is 7. The summed E-state index contributed by atoms with van der Waals surface area (Å²) in [6, 6.07) is 10.5. The zero-order chi connectivity index (χ0) is 21.7. The van der Waals surface area contributed by atoms with Crippen molar-refractivity contribution >= 4 is 61.8 Å². The van der Waals surface area contributed by atoms with Crippen LogP contribution < -0.4 is 10.6 Å². The Labute approximate surface area is 182 Å². The predicted molar refractivity (Wildman–Crippen MR) is 118 cm³/mol. The Hall–Kier alpha value is -2.97. The van der Waals surface area contributed by atoms with Crippen LogP contribution in [-0.4, -0.2) is 29.9 Å². The summed E-state index contributed by atoms with van der Waals surface area (Å²) in [5, 5.41) is 6.48. The first-order valence-electron chi connectivity index (χ1n) is 9.21. The van der Waals surface area contributed by atoms with Gasteiger partial charge in [-0.3, -0.25) is 14.4 Å². The number of hydrogen-bond acceptors (Lipinski definition) is 6. The molecule has 0 spiro atoms. The summed E-state index contributed by atoms with van der Waals surface area (Å²) in [6.45, 7) is 1.87. The van der Waals surface area contributed by atoms with E-state index >= 15 is 0 Å². The van der Waals surface area contributed by atoms with Crippen LogP contribution in [0.1, 0.15) is 35.2 Å². The van der Waals surface area contributed by atoms with Gasteiger partial charge in [-0.25, -0.2) is 4.98 Å². The number of halogens is 1. The van der Waals surface area contributed by atoms with Crippen molar-refractivity contribution < 1.29 is 19.1 Å². The molecule has 0 bridgehead atoms. The maximum Gasteiger partial charge on any atom is 0.305 e. The third-order valence-electron chi connectivity index (χ3n) is 4.37. The van der Waals surface area contributed by atoms with Crippen molar-refractivity contribution in [2.24, 2.45) is 0 Å². The maximum absolute atomic E-state index is 12.7. The number of fused-ring (bicyclic) bond motifs is 1. The number of nitrogens with one attached hydrogen (secondary N) is 2. The number of thiazole rings is 1. The summed E-state index contributed by atoms with van der Waals surface area (Å²) < 4.78 is 5.32. The second-order valence-electron chi connectivity index (χ2n) is 6.57. The Morgan fingerprint density at radius 2 is 1.93 bits per heavy atom. The minimum Gasteiger partial charge on any atom is -0.469 e. The van der Waals surface area contributed by atoms with Crippen LogP contribution in [0, 0.1) is 6.92 Å². The minimum absolute atomic E-state index is 0.188. The molecule has 0 aliphatic heterocycles. The number of benzene rings is 2. The highest BCUT2D eigenvalue weighted by Crippen LogP contribution is 2.29. The molecule has 9 heteroatoms. The van der Waals surface area contributed by atoms with Gasteiger partial charge in [-0.15, -0.1) is 0 Å². The van der Waals surface area contributed by atoms with Gasteiger partial charge in [0, 0.05) is 18.4 Å². The van der Waals surface area contributed by atoms with Gasteiger partial charge in [0.25, 0.3) is 5.91 Å². The normalized spacial score (nSPS) is 10.6. The number of anilines is 2. The third-order valence-corrected chi connectivity index (χ3v) is 5.62. The van der Waals surface area contributed by atoms with Crippen molar-refractivity contribution in [3.8, 4) is 0 Å². The van der Waals surface area contributed by atoms with E-state index in [0.717, 1.165) is 10.3 Å². The predicted octanol–water partition coefficient (Wildman–Crippen LogP) is 4.79. The molecule has 2 aromatic carbocycles. The van der Waals surface area contributed by atoms with Gasteiger partial charge in [0.15, 0.2) is 5.13 Å². The van der Waals surface area contributed by atoms with Crippen molar-refractivity contribution in [2.45, 2.75) is 26.2 Å². The monoisotopic (exact) mass is 445 g/mol. The molecule has 0 saturated carbocycles. The van der Waals surface area contributed by atoms with Crippen LogP contribution >= 0.6 is 22.9 Å². The molecule has 0 saturated heterocycles. The fourth-order valence-corrected chi connectivity index (χ4v) is 3.96. The van der Waals surface area contributed by atoms with Crippen molar-refractivity contribution in [2.75, 3.05) is 17.7 Å². The molecule has 0 atom stereocenters. The topological polar surface area (TPSA) is 97.4 Å². The molecule has 1 heterocycles. The lowest BCUT2D eigenvalue weighted by Gasteiger charge is -2.10. The van der Waals surface area contributed by atoms with Crippen LogP contribution in [0.15, 0.2) is 36.4 Å². The van der Waals surface area contributed by atoms with Gasteiger partial charge in [0.05, 0.1) is 28.0 Å². The summed E-state index contributed by atoms with van der Waals surface area (Å²) in [4.78, 5) is 40.2. The Bertz CT molecular complexity index is 1090. The van der Waals surface area contributed by atoms with E-state index in [2.05, 4.69) is 20.4 Å². The average Bonchev–Trinajstić information content (AvgIpc) is 3.11. The van der Waals surface area contributed by atoms with Gasteiger partial charge in [0.1, 0.15) is 0 Å². The largest absolute Gasteiger partial charge is 0.469 e. The van der Waals surface area contributed by atoms with E-state index in [-0.39, 0.29) is 30.6 Å². The molecule has 0 aliphatic rings. The van der Waals surface area contributed by atoms with E-state index in [1.807, 2.05) is 19.1 Å². The molecule has 3 rings (SSSR count). The van der Waals surface area contributed by atoms with Gasteiger partial charge in [0.2, 0.25) is 5.91 Å². The number of para-hydroxylation sites is 1. The van der Waals surface area contributed by atoms with E-state index in [0.29, 0.717) is 33.3 Å². The average molecular weight is 446 g/mol. The van der Waals surface area contributed by atoms with Gasteiger partial charge >= 0.3 is 5.97 Å². The second kappa shape index (κ2) is 9.69. The van der Waals surface area contributed by atoms with E-state index in [1.165, 1.54) is 18.4 Å². The van der Waals surface area contributed by atoms with Crippen LogP contribution in [-0.2, 0) is 14.3 Å². The number of ether oxygens (including phenoxy) is 1. The zero-order valence-electron chi connectivity index (χ0n) is 16.5. The maximum atomic E-state index is 12.7. The summed E-state index contributed by atoms with van der Waals surface area (Å²) in [6.07, 6.45) is 0.776. The van der Waals surface area contributed by atoms with Crippen molar-refractivity contribution in [3.05, 3.63) is 52.5 Å². The highest BCUT2D eigenvalue weighted by molar-refractivity contribution is 7.22. The Morgan fingerprint density at radius 1 is 1.13 bits per heavy atom. The quantitative estimate of drug-likeness (QED) is 0.509. The SMILES string of the molecule is COC(=O)CCCC(=O)Nc1nc2ccc(C(=O)Nc3c(C)cccc3Cl)cc2s1. The number of methoxy groups -OCH3 is 1. The fourth-order valence-electron chi connectivity index (χ4n) is 2.77. The van der Waals surface area contributed by atoms with Crippen LogP contribution in [0.5, 0.6) is 0 Å². The summed E-state index contributed by atoms with van der Waals surface area (Å²) in [5.74, 6) is -0.861. The molecule has 1 aromatic heterocycles. The molecular formula is C21H20ClN3O4S. The molecule has 2 amide bonds. The van der Waals surface area contributed by atoms with Crippen LogP contribution in [0.2, 0.25) is 5.02 Å². The smallest absolute Gasteiger partial charge is 0.305 e.